The average molecular weight is 365 g/mol. The molecule has 2 aromatic rings. The van der Waals surface area contributed by atoms with E-state index in [1.807, 2.05) is 30.3 Å². The molecule has 0 aliphatic carbocycles. The van der Waals surface area contributed by atoms with Crippen LogP contribution in [0.15, 0.2) is 48.5 Å². The highest BCUT2D eigenvalue weighted by Gasteiger charge is 2.19. The quantitative estimate of drug-likeness (QED) is 0.883. The Balaban J connectivity index is 1.56. The number of benzene rings is 2. The highest BCUT2D eigenvalue weighted by Crippen LogP contribution is 2.33. The van der Waals surface area contributed by atoms with Crippen molar-refractivity contribution in [3.8, 4) is 0 Å². The third kappa shape index (κ3) is 4.42. The lowest BCUT2D eigenvalue weighted by Crippen LogP contribution is -2.37. The van der Waals surface area contributed by atoms with Crippen LogP contribution in [0.3, 0.4) is 0 Å². The van der Waals surface area contributed by atoms with Gasteiger partial charge in [-0.2, -0.15) is 0 Å². The summed E-state index contributed by atoms with van der Waals surface area (Å²) >= 11 is 0. The number of rotatable bonds is 5. The Kier molecular flexibility index (Phi) is 5.58. The minimum absolute atomic E-state index is 0.0225. The molecule has 142 valence electrons. The van der Waals surface area contributed by atoms with Gasteiger partial charge in [-0.25, -0.2) is 0 Å². The monoisotopic (exact) mass is 365 g/mol. The smallest absolute Gasteiger partial charge is 0.228 e. The molecule has 0 spiro atoms. The summed E-state index contributed by atoms with van der Waals surface area (Å²) in [6.45, 7) is 5.34. The van der Waals surface area contributed by atoms with Crippen LogP contribution in [0.25, 0.3) is 0 Å². The van der Waals surface area contributed by atoms with E-state index < -0.39 is 0 Å². The molecular weight excluding hydrogens is 338 g/mol. The van der Waals surface area contributed by atoms with E-state index in [1.165, 1.54) is 18.5 Å². The number of hydrogen-bond donors (Lipinski definition) is 1. The Bertz CT molecular complexity index is 766. The van der Waals surface area contributed by atoms with Crippen molar-refractivity contribution in [2.24, 2.45) is 0 Å². The van der Waals surface area contributed by atoms with Gasteiger partial charge in [-0.05, 0) is 36.6 Å². The first-order chi connectivity index (χ1) is 13.3. The molecule has 0 unspecified atom stereocenters. The minimum atomic E-state index is 0.0225. The summed E-state index contributed by atoms with van der Waals surface area (Å²) in [7, 11) is 0. The zero-order valence-corrected chi connectivity index (χ0v) is 15.7. The second kappa shape index (κ2) is 8.44. The van der Waals surface area contributed by atoms with Gasteiger partial charge in [0.2, 0.25) is 5.91 Å². The molecule has 2 heterocycles. The molecule has 0 aromatic heterocycles. The van der Waals surface area contributed by atoms with Crippen LogP contribution in [0.1, 0.15) is 18.4 Å². The van der Waals surface area contributed by atoms with E-state index in [2.05, 4.69) is 33.3 Å². The second-order valence-electron chi connectivity index (χ2n) is 7.21. The predicted molar refractivity (Wildman–Crippen MR) is 110 cm³/mol. The molecule has 2 aromatic carbocycles. The number of morpholine rings is 1. The van der Waals surface area contributed by atoms with Crippen LogP contribution in [0.4, 0.5) is 17.1 Å². The van der Waals surface area contributed by atoms with E-state index in [0.29, 0.717) is 6.42 Å². The van der Waals surface area contributed by atoms with Crippen molar-refractivity contribution in [2.45, 2.75) is 19.3 Å². The van der Waals surface area contributed by atoms with Gasteiger partial charge in [0.25, 0.3) is 0 Å². The van der Waals surface area contributed by atoms with Crippen molar-refractivity contribution >= 4 is 23.0 Å². The van der Waals surface area contributed by atoms with Crippen molar-refractivity contribution < 1.29 is 9.53 Å². The fourth-order valence-corrected chi connectivity index (χ4v) is 3.85. The number of anilines is 3. The third-order valence-corrected chi connectivity index (χ3v) is 5.28. The fourth-order valence-electron chi connectivity index (χ4n) is 3.85. The van der Waals surface area contributed by atoms with Crippen LogP contribution in [0, 0.1) is 0 Å². The molecular formula is C22H27N3O2. The minimum Gasteiger partial charge on any atom is -0.378 e. The highest BCUT2D eigenvalue weighted by molar-refractivity contribution is 5.96. The number of hydrogen-bond acceptors (Lipinski definition) is 4. The molecule has 1 amide bonds. The fraction of sp³-hybridized carbons (Fsp3) is 0.409. The maximum absolute atomic E-state index is 12.7. The summed E-state index contributed by atoms with van der Waals surface area (Å²) in [5.41, 5.74) is 4.21. The number of carbonyl (C=O) groups is 1. The zero-order valence-electron chi connectivity index (χ0n) is 15.7. The molecule has 2 aliphatic rings. The zero-order chi connectivity index (χ0) is 18.5. The van der Waals surface area contributed by atoms with Crippen LogP contribution in [0.5, 0.6) is 0 Å². The lowest BCUT2D eigenvalue weighted by Gasteiger charge is -2.31. The summed E-state index contributed by atoms with van der Waals surface area (Å²) < 4.78 is 5.49. The van der Waals surface area contributed by atoms with Crippen LogP contribution < -0.4 is 15.1 Å². The van der Waals surface area contributed by atoms with Gasteiger partial charge in [0.15, 0.2) is 0 Å². The number of nitrogens with one attached hydrogen (secondary N) is 1. The maximum atomic E-state index is 12.7. The molecule has 5 nitrogen and oxygen atoms in total. The van der Waals surface area contributed by atoms with E-state index in [1.54, 1.807) is 0 Å². The molecule has 0 radical (unpaired) electrons. The molecule has 0 atom stereocenters. The average Bonchev–Trinajstić information content (AvgIpc) is 3.24. The van der Waals surface area contributed by atoms with Crippen LogP contribution >= 0.6 is 0 Å². The topological polar surface area (TPSA) is 44.8 Å². The van der Waals surface area contributed by atoms with Gasteiger partial charge >= 0.3 is 0 Å². The Morgan fingerprint density at radius 2 is 1.67 bits per heavy atom. The van der Waals surface area contributed by atoms with Crippen LogP contribution in [-0.2, 0) is 16.0 Å². The van der Waals surface area contributed by atoms with Gasteiger partial charge in [-0.1, -0.05) is 30.3 Å². The molecule has 0 bridgehead atoms. The van der Waals surface area contributed by atoms with E-state index in [9.17, 15) is 4.79 Å². The van der Waals surface area contributed by atoms with E-state index in [4.69, 9.17) is 4.74 Å². The van der Waals surface area contributed by atoms with Crippen LogP contribution in [0.2, 0.25) is 0 Å². The number of ether oxygens (including phenoxy) is 1. The number of amides is 1. The van der Waals surface area contributed by atoms with Gasteiger partial charge in [-0.15, -0.1) is 0 Å². The first-order valence-electron chi connectivity index (χ1n) is 9.85. The Morgan fingerprint density at radius 3 is 2.41 bits per heavy atom. The van der Waals surface area contributed by atoms with E-state index in [0.717, 1.165) is 56.3 Å². The molecule has 2 saturated heterocycles. The van der Waals surface area contributed by atoms with E-state index in [-0.39, 0.29) is 5.91 Å². The van der Waals surface area contributed by atoms with Crippen molar-refractivity contribution in [3.63, 3.8) is 0 Å². The maximum Gasteiger partial charge on any atom is 0.228 e. The molecule has 1 N–H and O–H groups in total. The molecule has 2 aliphatic heterocycles. The number of nitrogens with zero attached hydrogens (tertiary/aromatic N) is 2. The second-order valence-corrected chi connectivity index (χ2v) is 7.21. The first kappa shape index (κ1) is 17.9. The molecule has 2 fully saturated rings. The van der Waals surface area contributed by atoms with Crippen molar-refractivity contribution in [1.29, 1.82) is 0 Å². The largest absolute Gasteiger partial charge is 0.378 e. The number of carbonyl (C=O) groups excluding carboxylic acids is 1. The molecule has 27 heavy (non-hydrogen) atoms. The summed E-state index contributed by atoms with van der Waals surface area (Å²) in [5, 5.41) is 3.17. The highest BCUT2D eigenvalue weighted by atomic mass is 16.5. The van der Waals surface area contributed by atoms with Gasteiger partial charge in [0, 0.05) is 31.9 Å². The Hall–Kier alpha value is -2.53. The standard InChI is InChI=1S/C22H27N3O2/c26-22(16-18-6-2-1-3-7-18)23-20-17-19(24-10-4-5-11-24)8-9-21(20)25-12-14-27-15-13-25/h1-3,6-9,17H,4-5,10-16H2,(H,23,26). The third-order valence-electron chi connectivity index (χ3n) is 5.28. The van der Waals surface area contributed by atoms with Gasteiger partial charge in [0.05, 0.1) is 31.0 Å². The van der Waals surface area contributed by atoms with Gasteiger partial charge in [0.1, 0.15) is 0 Å². The van der Waals surface area contributed by atoms with Crippen molar-refractivity contribution in [2.75, 3.05) is 54.5 Å². The first-order valence-corrected chi connectivity index (χ1v) is 9.85. The summed E-state index contributed by atoms with van der Waals surface area (Å²) in [6.07, 6.45) is 2.86. The molecule has 5 heteroatoms. The Labute approximate surface area is 160 Å². The summed E-state index contributed by atoms with van der Waals surface area (Å²) in [6, 6.07) is 16.4. The SMILES string of the molecule is O=C(Cc1ccccc1)Nc1cc(N2CCCC2)ccc1N1CCOCC1. The lowest BCUT2D eigenvalue weighted by molar-refractivity contribution is -0.115. The molecule has 0 saturated carbocycles. The van der Waals surface area contributed by atoms with Crippen molar-refractivity contribution in [3.05, 3.63) is 54.1 Å². The normalized spacial score (nSPS) is 17.2. The lowest BCUT2D eigenvalue weighted by atomic mass is 10.1. The summed E-state index contributed by atoms with van der Waals surface area (Å²) in [4.78, 5) is 17.4. The summed E-state index contributed by atoms with van der Waals surface area (Å²) in [5.74, 6) is 0.0225. The Morgan fingerprint density at radius 1 is 0.926 bits per heavy atom. The van der Waals surface area contributed by atoms with Crippen LogP contribution in [-0.4, -0.2) is 45.3 Å². The van der Waals surface area contributed by atoms with Gasteiger partial charge < -0.3 is 19.9 Å². The molecule has 4 rings (SSSR count). The van der Waals surface area contributed by atoms with E-state index >= 15 is 0 Å². The van der Waals surface area contributed by atoms with Crippen molar-refractivity contribution in [1.82, 2.24) is 0 Å². The predicted octanol–water partition coefficient (Wildman–Crippen LogP) is 3.30. The van der Waals surface area contributed by atoms with Gasteiger partial charge in [-0.3, -0.25) is 4.79 Å².